The highest BCUT2D eigenvalue weighted by atomic mass is 32.1. The summed E-state index contributed by atoms with van der Waals surface area (Å²) in [6.07, 6.45) is 0. The van der Waals surface area contributed by atoms with E-state index in [4.69, 9.17) is 18.9 Å². The zero-order valence-electron chi connectivity index (χ0n) is 19.4. The van der Waals surface area contributed by atoms with Gasteiger partial charge >= 0.3 is 5.97 Å². The maximum atomic E-state index is 13.6. The Morgan fingerprint density at radius 3 is 2.61 bits per heavy atom. The van der Waals surface area contributed by atoms with E-state index in [0.29, 0.717) is 40.5 Å². The van der Waals surface area contributed by atoms with Gasteiger partial charge in [0.05, 0.1) is 24.3 Å². The van der Waals surface area contributed by atoms with Crippen LogP contribution in [0.15, 0.2) is 52.6 Å². The Morgan fingerprint density at radius 1 is 1.08 bits per heavy atom. The van der Waals surface area contributed by atoms with Crippen LogP contribution in [0.2, 0.25) is 0 Å². The van der Waals surface area contributed by atoms with Crippen molar-refractivity contribution in [2.45, 2.75) is 13.8 Å². The number of carbonyl (C=O) groups is 2. The lowest BCUT2D eigenvalue weighted by Crippen LogP contribution is -2.25. The number of carbonyl (C=O) groups excluding carboxylic acids is 2. The fourth-order valence-electron chi connectivity index (χ4n) is 3.73. The molecular formula is C25H21N3O7S. The summed E-state index contributed by atoms with van der Waals surface area (Å²) in [7, 11) is 0. The third kappa shape index (κ3) is 4.24. The maximum Gasteiger partial charge on any atom is 0.359 e. The zero-order chi connectivity index (χ0) is 25.2. The second-order valence-corrected chi connectivity index (χ2v) is 8.47. The van der Waals surface area contributed by atoms with Crippen molar-refractivity contribution in [3.8, 4) is 22.9 Å². The van der Waals surface area contributed by atoms with Crippen molar-refractivity contribution in [1.29, 1.82) is 0 Å². The average molecular weight is 508 g/mol. The van der Waals surface area contributed by atoms with Crippen LogP contribution in [0.4, 0.5) is 5.00 Å². The van der Waals surface area contributed by atoms with Crippen molar-refractivity contribution < 1.29 is 28.5 Å². The molecule has 2 aromatic heterocycles. The van der Waals surface area contributed by atoms with Crippen LogP contribution in [0.5, 0.6) is 17.2 Å². The zero-order valence-corrected chi connectivity index (χ0v) is 20.2. The van der Waals surface area contributed by atoms with E-state index in [9.17, 15) is 14.4 Å². The molecule has 0 saturated carbocycles. The number of hydrogen-bond acceptors (Lipinski definition) is 9. The molecule has 0 radical (unpaired) electrons. The summed E-state index contributed by atoms with van der Waals surface area (Å²) in [5, 5.41) is 9.43. The quantitative estimate of drug-likeness (QED) is 0.373. The Balaban J connectivity index is 1.59. The van der Waals surface area contributed by atoms with Crippen molar-refractivity contribution in [3.63, 3.8) is 0 Å². The van der Waals surface area contributed by atoms with Crippen LogP contribution in [0, 0.1) is 0 Å². The number of thiophene rings is 1. The molecule has 0 unspecified atom stereocenters. The molecule has 10 nitrogen and oxygen atoms in total. The van der Waals surface area contributed by atoms with Gasteiger partial charge in [-0.05, 0) is 56.3 Å². The van der Waals surface area contributed by atoms with Gasteiger partial charge in [-0.3, -0.25) is 9.59 Å². The maximum absolute atomic E-state index is 13.6. The SMILES string of the molecule is CCOC(=O)c1nn(-c2ccc(OCC)cc2)c(=O)c2c(NC(=O)c3ccc4c(c3)OCO4)scc12. The predicted molar refractivity (Wildman–Crippen MR) is 133 cm³/mol. The van der Waals surface area contributed by atoms with Gasteiger partial charge in [0.1, 0.15) is 10.8 Å². The number of nitrogens with zero attached hydrogens (tertiary/aromatic N) is 2. The van der Waals surface area contributed by atoms with E-state index >= 15 is 0 Å². The van der Waals surface area contributed by atoms with E-state index in [1.54, 1.807) is 54.8 Å². The van der Waals surface area contributed by atoms with Gasteiger partial charge < -0.3 is 24.3 Å². The monoisotopic (exact) mass is 507 g/mol. The van der Waals surface area contributed by atoms with Crippen LogP contribution >= 0.6 is 11.3 Å². The molecule has 11 heteroatoms. The van der Waals surface area contributed by atoms with E-state index in [1.807, 2.05) is 6.92 Å². The number of esters is 1. The number of fused-ring (bicyclic) bond motifs is 2. The lowest BCUT2D eigenvalue weighted by atomic mass is 10.2. The van der Waals surface area contributed by atoms with E-state index in [2.05, 4.69) is 10.4 Å². The van der Waals surface area contributed by atoms with Crippen molar-refractivity contribution in [1.82, 2.24) is 9.78 Å². The number of benzene rings is 2. The van der Waals surface area contributed by atoms with Gasteiger partial charge in [-0.25, -0.2) is 4.79 Å². The van der Waals surface area contributed by atoms with Crippen molar-refractivity contribution in [2.24, 2.45) is 0 Å². The van der Waals surface area contributed by atoms with Crippen LogP contribution < -0.4 is 25.1 Å². The van der Waals surface area contributed by atoms with Gasteiger partial charge in [0.25, 0.3) is 11.5 Å². The first-order chi connectivity index (χ1) is 17.5. The molecule has 5 rings (SSSR count). The van der Waals surface area contributed by atoms with Gasteiger partial charge in [0.15, 0.2) is 17.2 Å². The molecule has 0 fully saturated rings. The van der Waals surface area contributed by atoms with Crippen LogP contribution in [0.3, 0.4) is 0 Å². The third-order valence-electron chi connectivity index (χ3n) is 5.38. The minimum absolute atomic E-state index is 0.0276. The minimum Gasteiger partial charge on any atom is -0.494 e. The summed E-state index contributed by atoms with van der Waals surface area (Å²) in [6.45, 7) is 4.28. The molecule has 1 amide bonds. The highest BCUT2D eigenvalue weighted by molar-refractivity contribution is 7.16. The molecule has 1 aliphatic heterocycles. The van der Waals surface area contributed by atoms with Crippen molar-refractivity contribution in [3.05, 3.63) is 69.5 Å². The van der Waals surface area contributed by atoms with Crippen LogP contribution in [-0.4, -0.2) is 41.7 Å². The number of aromatic nitrogens is 2. The highest BCUT2D eigenvalue weighted by Crippen LogP contribution is 2.34. The molecule has 0 aliphatic carbocycles. The fraction of sp³-hybridized carbons (Fsp3) is 0.200. The molecule has 0 bridgehead atoms. The van der Waals surface area contributed by atoms with E-state index in [0.717, 1.165) is 16.0 Å². The fourth-order valence-corrected chi connectivity index (χ4v) is 4.66. The summed E-state index contributed by atoms with van der Waals surface area (Å²) >= 11 is 1.12. The van der Waals surface area contributed by atoms with Gasteiger partial charge in [-0.15, -0.1) is 11.3 Å². The van der Waals surface area contributed by atoms with Gasteiger partial charge in [0, 0.05) is 16.3 Å². The standard InChI is InChI=1S/C25H21N3O7S/c1-3-32-16-8-6-15(7-9-16)28-24(30)20-17(21(27-28)25(31)33-4-2)12-36-23(20)26-22(29)14-5-10-18-19(11-14)35-13-34-18/h5-12H,3-4,13H2,1-2H3,(H,26,29). The molecule has 1 N–H and O–H groups in total. The van der Waals surface area contributed by atoms with E-state index in [-0.39, 0.29) is 29.5 Å². The molecule has 0 saturated heterocycles. The molecule has 0 atom stereocenters. The summed E-state index contributed by atoms with van der Waals surface area (Å²) in [6, 6.07) is 11.5. The first kappa shape index (κ1) is 23.4. The lowest BCUT2D eigenvalue weighted by molar-refractivity contribution is 0.0519. The highest BCUT2D eigenvalue weighted by Gasteiger charge is 2.24. The third-order valence-corrected chi connectivity index (χ3v) is 6.27. The summed E-state index contributed by atoms with van der Waals surface area (Å²) in [5.74, 6) is 0.530. The van der Waals surface area contributed by atoms with E-state index < -0.39 is 17.4 Å². The molecular weight excluding hydrogens is 486 g/mol. The molecule has 1 aliphatic rings. The molecule has 0 spiro atoms. The first-order valence-electron chi connectivity index (χ1n) is 11.2. The number of ether oxygens (including phenoxy) is 4. The van der Waals surface area contributed by atoms with Gasteiger partial charge in [0.2, 0.25) is 6.79 Å². The smallest absolute Gasteiger partial charge is 0.359 e. The average Bonchev–Trinajstić information content (AvgIpc) is 3.52. The summed E-state index contributed by atoms with van der Waals surface area (Å²) < 4.78 is 22.4. The minimum atomic E-state index is -0.673. The Kier molecular flexibility index (Phi) is 6.30. The van der Waals surface area contributed by atoms with E-state index in [1.165, 1.54) is 0 Å². The summed E-state index contributed by atoms with van der Waals surface area (Å²) in [4.78, 5) is 39.3. The Morgan fingerprint density at radius 2 is 1.86 bits per heavy atom. The van der Waals surface area contributed by atoms with Crippen molar-refractivity contribution in [2.75, 3.05) is 25.3 Å². The largest absolute Gasteiger partial charge is 0.494 e. The second-order valence-electron chi connectivity index (χ2n) is 7.59. The van der Waals surface area contributed by atoms with Crippen LogP contribution in [0.1, 0.15) is 34.7 Å². The van der Waals surface area contributed by atoms with Crippen LogP contribution in [0.25, 0.3) is 16.5 Å². The topological polar surface area (TPSA) is 118 Å². The second kappa shape index (κ2) is 9.70. The predicted octanol–water partition coefficient (Wildman–Crippen LogP) is 4.00. The Hall–Kier alpha value is -4.38. The molecule has 36 heavy (non-hydrogen) atoms. The normalized spacial score (nSPS) is 11.9. The Bertz CT molecular complexity index is 1530. The van der Waals surface area contributed by atoms with Crippen molar-refractivity contribution >= 4 is 39.0 Å². The van der Waals surface area contributed by atoms with Crippen LogP contribution in [-0.2, 0) is 4.74 Å². The molecule has 3 heterocycles. The number of nitrogens with one attached hydrogen (secondary N) is 1. The molecule has 4 aromatic rings. The lowest BCUT2D eigenvalue weighted by Gasteiger charge is -2.11. The summed E-state index contributed by atoms with van der Waals surface area (Å²) in [5.41, 5.74) is 0.229. The Labute approximate surface area is 209 Å². The number of hydrogen-bond donors (Lipinski definition) is 1. The molecule has 2 aromatic carbocycles. The van der Waals surface area contributed by atoms with Gasteiger partial charge in [-0.1, -0.05) is 0 Å². The number of amides is 1. The molecule has 184 valence electrons. The number of rotatable bonds is 7. The first-order valence-corrected chi connectivity index (χ1v) is 12.0. The van der Waals surface area contributed by atoms with Gasteiger partial charge in [-0.2, -0.15) is 9.78 Å². The number of anilines is 1.